The normalized spacial score (nSPS) is 10.3. The van der Waals surface area contributed by atoms with Gasteiger partial charge in [-0.15, -0.1) is 0 Å². The largest absolute Gasteiger partial charge is 0.322 e. The van der Waals surface area contributed by atoms with Gasteiger partial charge in [-0.25, -0.2) is 0 Å². The van der Waals surface area contributed by atoms with E-state index >= 15 is 0 Å². The minimum Gasteiger partial charge on any atom is -0.322 e. The number of rotatable bonds is 5. The standard InChI is InChI=1S/C24H19ClN4O3S/c25-19-11-6-16(7-12-19)8-15-21(30)27-24(33)29-28-23(32)18-9-13-20(14-10-18)26-22(31)17-4-2-1-3-5-17/h1-15H,(H,26,31)(H,28,32)(H2,27,29,30,33)/b15-8+. The maximum Gasteiger partial charge on any atom is 0.269 e. The molecule has 0 aliphatic heterocycles. The van der Waals surface area contributed by atoms with Gasteiger partial charge < -0.3 is 5.32 Å². The number of benzene rings is 3. The predicted molar refractivity (Wildman–Crippen MR) is 133 cm³/mol. The quantitative estimate of drug-likeness (QED) is 0.253. The zero-order valence-electron chi connectivity index (χ0n) is 17.2. The Labute approximate surface area is 200 Å². The minimum atomic E-state index is -0.468. The minimum absolute atomic E-state index is 0.0687. The number of carbonyl (C=O) groups excluding carboxylic acids is 3. The topological polar surface area (TPSA) is 99.3 Å². The van der Waals surface area contributed by atoms with Crippen molar-refractivity contribution in [2.45, 2.75) is 0 Å². The van der Waals surface area contributed by atoms with E-state index in [0.29, 0.717) is 21.8 Å². The highest BCUT2D eigenvalue weighted by molar-refractivity contribution is 7.80. The molecule has 0 bridgehead atoms. The molecule has 4 N–H and O–H groups in total. The van der Waals surface area contributed by atoms with Crippen LogP contribution in [0.15, 0.2) is 84.9 Å². The molecule has 0 aliphatic carbocycles. The molecule has 0 saturated heterocycles. The molecule has 0 atom stereocenters. The van der Waals surface area contributed by atoms with Crippen molar-refractivity contribution < 1.29 is 14.4 Å². The average Bonchev–Trinajstić information content (AvgIpc) is 2.83. The van der Waals surface area contributed by atoms with Crippen LogP contribution in [0.3, 0.4) is 0 Å². The van der Waals surface area contributed by atoms with Gasteiger partial charge in [-0.3, -0.25) is 30.6 Å². The summed E-state index contributed by atoms with van der Waals surface area (Å²) in [6, 6.07) is 22.1. The summed E-state index contributed by atoms with van der Waals surface area (Å²) in [7, 11) is 0. The van der Waals surface area contributed by atoms with E-state index in [-0.39, 0.29) is 11.0 Å². The van der Waals surface area contributed by atoms with E-state index in [4.69, 9.17) is 23.8 Å². The van der Waals surface area contributed by atoms with E-state index in [1.165, 1.54) is 6.08 Å². The number of amides is 3. The van der Waals surface area contributed by atoms with Gasteiger partial charge in [-0.05, 0) is 72.4 Å². The van der Waals surface area contributed by atoms with Crippen molar-refractivity contribution in [3.05, 3.63) is 107 Å². The number of hydrogen-bond donors (Lipinski definition) is 4. The van der Waals surface area contributed by atoms with Crippen LogP contribution in [-0.2, 0) is 4.79 Å². The van der Waals surface area contributed by atoms with Crippen LogP contribution in [0, 0.1) is 0 Å². The monoisotopic (exact) mass is 478 g/mol. The third-order valence-corrected chi connectivity index (χ3v) is 4.72. The second kappa shape index (κ2) is 11.6. The summed E-state index contributed by atoms with van der Waals surface area (Å²) in [4.78, 5) is 36.4. The molecule has 3 amide bonds. The summed E-state index contributed by atoms with van der Waals surface area (Å²) in [5.41, 5.74) is 7.07. The fourth-order valence-electron chi connectivity index (χ4n) is 2.61. The van der Waals surface area contributed by atoms with E-state index in [2.05, 4.69) is 21.5 Å². The second-order valence-electron chi connectivity index (χ2n) is 6.68. The zero-order chi connectivity index (χ0) is 23.6. The third kappa shape index (κ3) is 7.57. The van der Waals surface area contributed by atoms with Crippen LogP contribution >= 0.6 is 23.8 Å². The Morgan fingerprint density at radius 1 is 0.758 bits per heavy atom. The van der Waals surface area contributed by atoms with Gasteiger partial charge in [0.05, 0.1) is 0 Å². The van der Waals surface area contributed by atoms with Crippen LogP contribution in [0.25, 0.3) is 6.08 Å². The van der Waals surface area contributed by atoms with Crippen molar-refractivity contribution in [2.75, 3.05) is 5.32 Å². The molecule has 0 heterocycles. The van der Waals surface area contributed by atoms with Crippen molar-refractivity contribution in [3.63, 3.8) is 0 Å². The maximum atomic E-state index is 12.3. The van der Waals surface area contributed by atoms with Gasteiger partial charge in [0.15, 0.2) is 5.11 Å². The van der Waals surface area contributed by atoms with Crippen LogP contribution < -0.4 is 21.5 Å². The van der Waals surface area contributed by atoms with Gasteiger partial charge in [0, 0.05) is 27.9 Å². The van der Waals surface area contributed by atoms with Crippen LogP contribution in [0.5, 0.6) is 0 Å². The second-order valence-corrected chi connectivity index (χ2v) is 7.52. The van der Waals surface area contributed by atoms with Gasteiger partial charge in [-0.1, -0.05) is 41.9 Å². The molecular formula is C24H19ClN4O3S. The fraction of sp³-hybridized carbons (Fsp3) is 0. The molecule has 7 nitrogen and oxygen atoms in total. The molecular weight excluding hydrogens is 460 g/mol. The smallest absolute Gasteiger partial charge is 0.269 e. The molecule has 33 heavy (non-hydrogen) atoms. The Kier molecular flexibility index (Phi) is 8.29. The highest BCUT2D eigenvalue weighted by Crippen LogP contribution is 2.12. The molecule has 0 aromatic heterocycles. The van der Waals surface area contributed by atoms with Crippen LogP contribution in [0.2, 0.25) is 5.02 Å². The Hall–Kier alpha value is -4.01. The third-order valence-electron chi connectivity index (χ3n) is 4.26. The number of nitrogens with one attached hydrogen (secondary N) is 4. The van der Waals surface area contributed by atoms with Gasteiger partial charge in [0.1, 0.15) is 0 Å². The van der Waals surface area contributed by atoms with Crippen molar-refractivity contribution in [2.24, 2.45) is 0 Å². The van der Waals surface area contributed by atoms with Gasteiger partial charge >= 0.3 is 0 Å². The molecule has 0 radical (unpaired) electrons. The molecule has 166 valence electrons. The number of hydrogen-bond acceptors (Lipinski definition) is 4. The summed E-state index contributed by atoms with van der Waals surface area (Å²) >= 11 is 10.8. The van der Waals surface area contributed by atoms with Crippen molar-refractivity contribution in [1.82, 2.24) is 16.2 Å². The molecule has 3 aromatic carbocycles. The van der Waals surface area contributed by atoms with Gasteiger partial charge in [-0.2, -0.15) is 0 Å². The number of thiocarbonyl (C=S) groups is 1. The van der Waals surface area contributed by atoms with Crippen molar-refractivity contribution in [1.29, 1.82) is 0 Å². The summed E-state index contributed by atoms with van der Waals surface area (Å²) in [5.74, 6) is -1.18. The number of carbonyl (C=O) groups is 3. The van der Waals surface area contributed by atoms with E-state index in [1.54, 1.807) is 78.9 Å². The lowest BCUT2D eigenvalue weighted by Crippen LogP contribution is -2.48. The van der Waals surface area contributed by atoms with Crippen LogP contribution in [0.4, 0.5) is 5.69 Å². The van der Waals surface area contributed by atoms with Gasteiger partial charge in [0.2, 0.25) is 5.91 Å². The highest BCUT2D eigenvalue weighted by atomic mass is 35.5. The summed E-state index contributed by atoms with van der Waals surface area (Å²) in [5, 5.41) is 5.71. The molecule has 0 spiro atoms. The molecule has 3 rings (SSSR count). The molecule has 0 saturated carbocycles. The summed E-state index contributed by atoms with van der Waals surface area (Å²) in [6.07, 6.45) is 2.91. The summed E-state index contributed by atoms with van der Waals surface area (Å²) < 4.78 is 0. The lowest BCUT2D eigenvalue weighted by atomic mass is 10.2. The molecule has 3 aromatic rings. The molecule has 0 unspecified atom stereocenters. The number of anilines is 1. The van der Waals surface area contributed by atoms with Crippen LogP contribution in [0.1, 0.15) is 26.3 Å². The maximum absolute atomic E-state index is 12.3. The Balaban J connectivity index is 1.44. The Morgan fingerprint density at radius 2 is 1.39 bits per heavy atom. The number of hydrazine groups is 1. The first-order chi connectivity index (χ1) is 15.9. The molecule has 0 aliphatic rings. The van der Waals surface area contributed by atoms with Crippen molar-refractivity contribution in [3.8, 4) is 0 Å². The predicted octanol–water partition coefficient (Wildman–Crippen LogP) is 3.94. The van der Waals surface area contributed by atoms with E-state index < -0.39 is 11.8 Å². The lowest BCUT2D eigenvalue weighted by molar-refractivity contribution is -0.115. The first-order valence-corrected chi connectivity index (χ1v) is 10.5. The first kappa shape index (κ1) is 23.6. The van der Waals surface area contributed by atoms with Crippen molar-refractivity contribution >= 4 is 58.4 Å². The molecule has 9 heteroatoms. The van der Waals surface area contributed by atoms with Gasteiger partial charge in [0.25, 0.3) is 11.8 Å². The lowest BCUT2D eigenvalue weighted by Gasteiger charge is -2.10. The van der Waals surface area contributed by atoms with Crippen LogP contribution in [-0.4, -0.2) is 22.8 Å². The fourth-order valence-corrected chi connectivity index (χ4v) is 2.89. The Bertz CT molecular complexity index is 1180. The Morgan fingerprint density at radius 3 is 2.06 bits per heavy atom. The first-order valence-electron chi connectivity index (χ1n) is 9.72. The van der Waals surface area contributed by atoms with E-state index in [0.717, 1.165) is 5.56 Å². The van der Waals surface area contributed by atoms with E-state index in [9.17, 15) is 14.4 Å². The number of halogens is 1. The molecule has 0 fully saturated rings. The average molecular weight is 479 g/mol. The SMILES string of the molecule is O=C(/C=C/c1ccc(Cl)cc1)NC(=S)NNC(=O)c1ccc(NC(=O)c2ccccc2)cc1. The summed E-state index contributed by atoms with van der Waals surface area (Å²) in [6.45, 7) is 0. The van der Waals surface area contributed by atoms with E-state index in [1.807, 2.05) is 6.07 Å². The zero-order valence-corrected chi connectivity index (χ0v) is 18.7. The highest BCUT2D eigenvalue weighted by Gasteiger charge is 2.09.